The number of halogens is 6. The second-order valence-electron chi connectivity index (χ2n) is 20.7. The molecule has 0 radical (unpaired) electrons. The van der Waals surface area contributed by atoms with Crippen molar-refractivity contribution in [2.45, 2.75) is 11.0 Å². The zero-order valence-corrected chi connectivity index (χ0v) is 49.1. The van der Waals surface area contributed by atoms with Gasteiger partial charge in [-0.15, -0.1) is 4.44 Å². The minimum absolute atomic E-state index is 0.124. The normalized spacial score (nSPS) is 14.5. The zero-order chi connectivity index (χ0) is 61.0. The highest BCUT2D eigenvalue weighted by atomic mass is 32.2. The second-order valence-corrected chi connectivity index (χ2v) is 29.0. The van der Waals surface area contributed by atoms with E-state index in [-0.39, 0.29) is 67.5 Å². The molecule has 12 aromatic carbocycles. The van der Waals surface area contributed by atoms with Crippen LogP contribution in [0.3, 0.4) is 0 Å². The molecule has 0 aromatic heterocycles. The lowest BCUT2D eigenvalue weighted by atomic mass is 9.86. The fourth-order valence-corrected chi connectivity index (χ4v) is 20.2. The third-order valence-electron chi connectivity index (χ3n) is 15.4. The lowest BCUT2D eigenvalue weighted by molar-refractivity contribution is -0.0440. The Morgan fingerprint density at radius 2 is 0.534 bits per heavy atom. The number of hydrogen-bond acceptors (Lipinski definition) is 8. The molecule has 12 aromatic rings. The van der Waals surface area contributed by atoms with Crippen LogP contribution in [0.4, 0.5) is 26.3 Å². The van der Waals surface area contributed by atoms with E-state index in [0.717, 1.165) is 7.05 Å². The Morgan fingerprint density at radius 3 is 0.750 bits per heavy atom. The van der Waals surface area contributed by atoms with Gasteiger partial charge in [-0.2, -0.15) is 43.2 Å². The van der Waals surface area contributed by atoms with E-state index in [0.29, 0.717) is 69.8 Å². The lowest BCUT2D eigenvalue weighted by Gasteiger charge is -2.37. The van der Waals surface area contributed by atoms with E-state index >= 15 is 26.3 Å². The summed E-state index contributed by atoms with van der Waals surface area (Å²) in [5.41, 5.74) is -10.1. The topological polar surface area (TPSA) is 133 Å². The molecule has 0 aliphatic carbocycles. The van der Waals surface area contributed by atoms with Crippen molar-refractivity contribution in [2.75, 3.05) is 7.05 Å². The van der Waals surface area contributed by atoms with Gasteiger partial charge in [0.2, 0.25) is 0 Å². The Kier molecular flexibility index (Phi) is 13.5. The van der Waals surface area contributed by atoms with Gasteiger partial charge in [-0.3, -0.25) is 0 Å². The Hall–Kier alpha value is -9.22. The molecule has 0 saturated carbocycles. The molecule has 438 valence electrons. The third kappa shape index (κ3) is 9.38. The third-order valence-corrected chi connectivity index (χ3v) is 24.5. The molecule has 0 amide bonds. The van der Waals surface area contributed by atoms with Gasteiger partial charge in [0.1, 0.15) is 23.0 Å². The van der Waals surface area contributed by atoms with Crippen LogP contribution >= 0.6 is 15.3 Å². The van der Waals surface area contributed by atoms with E-state index in [1.807, 2.05) is 0 Å². The predicted octanol–water partition coefficient (Wildman–Crippen LogP) is 20.1. The first-order chi connectivity index (χ1) is 42.2. The van der Waals surface area contributed by atoms with Crippen LogP contribution in [0.25, 0.3) is 110 Å². The number of alkyl halides is 6. The monoisotopic (exact) mass is 1260 g/mol. The molecule has 2 heterocycles. The Balaban J connectivity index is 1.23. The molecular weight excluding hydrogens is 1210 g/mol. The maximum absolute atomic E-state index is 15.9. The summed E-state index contributed by atoms with van der Waals surface area (Å²) in [4.78, 5) is 0. The van der Waals surface area contributed by atoms with E-state index in [1.54, 1.807) is 243 Å². The molecule has 0 fully saturated rings. The lowest BCUT2D eigenvalue weighted by Crippen LogP contribution is -2.29. The maximum Gasteiger partial charge on any atom is 0.518 e. The van der Waals surface area contributed by atoms with Crippen molar-refractivity contribution < 1.29 is 61.3 Å². The first-order valence-electron chi connectivity index (χ1n) is 27.1. The summed E-state index contributed by atoms with van der Waals surface area (Å²) in [6, 6.07) is 68.2. The van der Waals surface area contributed by atoms with Crippen molar-refractivity contribution in [3.63, 3.8) is 0 Å². The summed E-state index contributed by atoms with van der Waals surface area (Å²) in [5.74, 6) is -1.45. The summed E-state index contributed by atoms with van der Waals surface area (Å²) < 4.78 is 191. The molecule has 11 nitrogen and oxygen atoms in total. The second kappa shape index (κ2) is 21.0. The number of nitrogens with zero attached hydrogens (tertiary/aromatic N) is 3. The number of sulfonamides is 2. The quantitative estimate of drug-likeness (QED) is 0.108. The molecule has 0 unspecified atom stereocenters. The minimum atomic E-state index is -7.01. The van der Waals surface area contributed by atoms with Crippen LogP contribution in [-0.2, 0) is 20.0 Å². The number of fused-ring (bicyclic) bond motifs is 14. The van der Waals surface area contributed by atoms with Crippen molar-refractivity contribution in [3.8, 4) is 89.8 Å². The van der Waals surface area contributed by atoms with Crippen LogP contribution in [0.1, 0.15) is 0 Å². The Bertz CT molecular complexity index is 4630. The van der Waals surface area contributed by atoms with Gasteiger partial charge in [0.05, 0.1) is 0 Å². The van der Waals surface area contributed by atoms with Crippen LogP contribution in [-0.4, -0.2) is 39.3 Å². The van der Waals surface area contributed by atoms with E-state index in [9.17, 15) is 16.8 Å². The molecule has 0 spiro atoms. The van der Waals surface area contributed by atoms with Crippen LogP contribution in [0.2, 0.25) is 0 Å². The standard InChI is InChI=1S/C67H43F6N3O8P2S2/c1-76(85(74-87(77,78)66(68,69)70)81-62-54(42-22-6-2-7-23-42)38-46-30-14-18-34-50(46)58(62)59-51-35-19-15-31-47(51)39-55(63(59)82-85)43-24-8-3-9-25-43)86(75-88(79,80)67(71,72)73)83-64-56(44-26-10-4-11-27-44)40-48-32-16-20-36-52(48)60(64)61-53-37-21-17-33-49(53)41-57(65(61)84-86)45-28-12-5-13-29-45/h2-41H,1H3. The summed E-state index contributed by atoms with van der Waals surface area (Å²) in [6.45, 7) is 0. The SMILES string of the molecule is CN(P1(=NS(=O)(=O)C(F)(F)F)Oc2c(-c3ccccc3)cc3ccccc3c2-c2c(c(-c3ccccc3)cc3ccccc23)O1)P1(=NS(=O)(=O)C(F)(F)F)Oc2c(-c3ccccc3)cc3ccccc3c2-c2c(c(-c3ccccc3)cc3ccccc23)O1. The fourth-order valence-electron chi connectivity index (χ4n) is 11.4. The summed E-state index contributed by atoms with van der Waals surface area (Å²) in [7, 11) is -25.7. The van der Waals surface area contributed by atoms with Gasteiger partial charge in [0, 0.05) is 51.6 Å². The smallest absolute Gasteiger partial charge is 0.417 e. The first-order valence-corrected chi connectivity index (χ1v) is 33.1. The molecule has 88 heavy (non-hydrogen) atoms. The number of rotatable bonds is 8. The number of benzene rings is 12. The van der Waals surface area contributed by atoms with E-state index in [1.165, 1.54) is 0 Å². The molecule has 2 aliphatic rings. The average Bonchev–Trinajstić information content (AvgIpc) is 1.51. The molecule has 0 N–H and O–H groups in total. The van der Waals surface area contributed by atoms with Crippen LogP contribution in [0.5, 0.6) is 23.0 Å². The van der Waals surface area contributed by atoms with Crippen LogP contribution < -0.4 is 18.1 Å². The van der Waals surface area contributed by atoms with Gasteiger partial charge >= 0.3 is 46.4 Å². The molecule has 2 aliphatic heterocycles. The van der Waals surface area contributed by atoms with Crippen molar-refractivity contribution >= 4 is 78.5 Å². The van der Waals surface area contributed by atoms with Crippen LogP contribution in [0.15, 0.2) is 251 Å². The molecule has 14 rings (SSSR count). The summed E-state index contributed by atoms with van der Waals surface area (Å²) in [6.07, 6.45) is 0. The van der Waals surface area contributed by atoms with Crippen molar-refractivity contribution in [1.29, 1.82) is 0 Å². The van der Waals surface area contributed by atoms with Crippen molar-refractivity contribution in [2.24, 2.45) is 8.30 Å². The van der Waals surface area contributed by atoms with Gasteiger partial charge in [0.25, 0.3) is 0 Å². The van der Waals surface area contributed by atoms with E-state index in [2.05, 4.69) is 8.30 Å². The molecule has 21 heteroatoms. The Labute approximate surface area is 500 Å². The van der Waals surface area contributed by atoms with Gasteiger partial charge in [-0.05, 0) is 89.6 Å². The van der Waals surface area contributed by atoms with E-state index in [4.69, 9.17) is 18.1 Å². The van der Waals surface area contributed by atoms with Gasteiger partial charge in [-0.25, -0.2) is 0 Å². The van der Waals surface area contributed by atoms with Crippen LogP contribution in [0, 0.1) is 0 Å². The predicted molar refractivity (Wildman–Crippen MR) is 334 cm³/mol. The van der Waals surface area contributed by atoms with E-state index < -0.39 is 46.4 Å². The summed E-state index contributed by atoms with van der Waals surface area (Å²) >= 11 is 0. The molecule has 0 saturated heterocycles. The molecule has 0 atom stereocenters. The van der Waals surface area contributed by atoms with Crippen molar-refractivity contribution in [3.05, 3.63) is 243 Å². The fraction of sp³-hybridized carbons (Fsp3) is 0.0448. The zero-order valence-electron chi connectivity index (χ0n) is 45.7. The van der Waals surface area contributed by atoms with Gasteiger partial charge in [-0.1, -0.05) is 227 Å². The average molecular weight is 1260 g/mol. The van der Waals surface area contributed by atoms with Gasteiger partial charge < -0.3 is 18.1 Å². The summed E-state index contributed by atoms with van der Waals surface area (Å²) in [5, 5.41) is 3.83. The van der Waals surface area contributed by atoms with Crippen molar-refractivity contribution in [1.82, 2.24) is 4.44 Å². The largest absolute Gasteiger partial charge is 0.518 e. The maximum atomic E-state index is 15.9. The minimum Gasteiger partial charge on any atom is -0.417 e. The highest BCUT2D eigenvalue weighted by molar-refractivity contribution is 7.96. The number of hydrogen-bond donors (Lipinski definition) is 0. The molecular formula is C67H43F6N3O8P2S2. The Morgan fingerprint density at radius 1 is 0.330 bits per heavy atom. The highest BCUT2D eigenvalue weighted by Gasteiger charge is 2.59. The molecule has 0 bridgehead atoms. The van der Waals surface area contributed by atoms with Gasteiger partial charge in [0.15, 0.2) is 0 Å². The first kappa shape index (κ1) is 56.6. The highest BCUT2D eigenvalue weighted by Crippen LogP contribution is 2.77.